The molecule has 2 rings (SSSR count). The zero-order valence-electron chi connectivity index (χ0n) is 11.1. The molecule has 1 aromatic rings. The van der Waals surface area contributed by atoms with Gasteiger partial charge in [0.25, 0.3) is 0 Å². The molecule has 1 saturated heterocycles. The number of methoxy groups -OCH3 is 1. The summed E-state index contributed by atoms with van der Waals surface area (Å²) in [5.74, 6) is 1.40. The van der Waals surface area contributed by atoms with Crippen LogP contribution in [0.4, 0.5) is 0 Å². The first kappa shape index (κ1) is 14.9. The lowest BCUT2D eigenvalue weighted by atomic mass is 10.2. The van der Waals surface area contributed by atoms with E-state index in [1.807, 2.05) is 6.07 Å². The van der Waals surface area contributed by atoms with E-state index in [4.69, 9.17) is 25.8 Å². The molecule has 0 saturated carbocycles. The minimum atomic E-state index is 0.165. The minimum Gasteiger partial charge on any atom is -0.493 e. The van der Waals surface area contributed by atoms with Crippen LogP contribution >= 0.6 is 27.5 Å². The van der Waals surface area contributed by atoms with Crippen molar-refractivity contribution in [3.05, 3.63) is 22.7 Å². The van der Waals surface area contributed by atoms with Crippen molar-refractivity contribution in [2.24, 2.45) is 0 Å². The molecular formula is C14H18BrClO3. The summed E-state index contributed by atoms with van der Waals surface area (Å²) < 4.78 is 17.0. The molecule has 0 radical (unpaired) electrons. The second-order valence-electron chi connectivity index (χ2n) is 4.69. The van der Waals surface area contributed by atoms with Gasteiger partial charge in [-0.15, -0.1) is 0 Å². The molecule has 1 aliphatic heterocycles. The molecule has 106 valence electrons. The van der Waals surface area contributed by atoms with Gasteiger partial charge < -0.3 is 14.2 Å². The van der Waals surface area contributed by atoms with Gasteiger partial charge in [-0.2, -0.15) is 0 Å². The van der Waals surface area contributed by atoms with E-state index in [1.165, 1.54) is 0 Å². The summed E-state index contributed by atoms with van der Waals surface area (Å²) >= 11 is 9.49. The van der Waals surface area contributed by atoms with Crippen molar-refractivity contribution >= 4 is 27.5 Å². The summed E-state index contributed by atoms with van der Waals surface area (Å²) in [6.07, 6.45) is 2.63. The SMILES string of the molecule is COc1cc(Cl)cc(CBr)c1OCC1CCC(C)O1. The summed E-state index contributed by atoms with van der Waals surface area (Å²) in [6.45, 7) is 2.63. The van der Waals surface area contributed by atoms with Gasteiger partial charge in [0, 0.05) is 22.0 Å². The molecule has 5 heteroatoms. The molecule has 1 aliphatic rings. The van der Waals surface area contributed by atoms with Crippen molar-refractivity contribution in [3.8, 4) is 11.5 Å². The smallest absolute Gasteiger partial charge is 0.165 e. The highest BCUT2D eigenvalue weighted by Crippen LogP contribution is 2.36. The Morgan fingerprint density at radius 2 is 2.21 bits per heavy atom. The van der Waals surface area contributed by atoms with Gasteiger partial charge in [0.1, 0.15) is 6.61 Å². The van der Waals surface area contributed by atoms with Crippen LogP contribution in [0.15, 0.2) is 12.1 Å². The number of hydrogen-bond acceptors (Lipinski definition) is 3. The third-order valence-corrected chi connectivity index (χ3v) is 4.02. The van der Waals surface area contributed by atoms with Crippen molar-refractivity contribution in [3.63, 3.8) is 0 Å². The molecular weight excluding hydrogens is 332 g/mol. The van der Waals surface area contributed by atoms with Crippen LogP contribution in [0.5, 0.6) is 11.5 Å². The molecule has 0 bridgehead atoms. The highest BCUT2D eigenvalue weighted by atomic mass is 79.9. The Hall–Kier alpha value is -0.450. The van der Waals surface area contributed by atoms with Gasteiger partial charge in [-0.05, 0) is 25.8 Å². The molecule has 0 N–H and O–H groups in total. The predicted octanol–water partition coefficient (Wildman–Crippen LogP) is 4.19. The Morgan fingerprint density at radius 1 is 1.42 bits per heavy atom. The van der Waals surface area contributed by atoms with Crippen molar-refractivity contribution < 1.29 is 14.2 Å². The molecule has 0 aromatic heterocycles. The monoisotopic (exact) mass is 348 g/mol. The number of ether oxygens (including phenoxy) is 3. The van der Waals surface area contributed by atoms with Crippen LogP contribution in [0.1, 0.15) is 25.3 Å². The number of halogens is 2. The topological polar surface area (TPSA) is 27.7 Å². The molecule has 0 amide bonds. The van der Waals surface area contributed by atoms with E-state index in [9.17, 15) is 0 Å². The van der Waals surface area contributed by atoms with Crippen molar-refractivity contribution in [1.29, 1.82) is 0 Å². The summed E-state index contributed by atoms with van der Waals surface area (Å²) in [4.78, 5) is 0. The number of alkyl halides is 1. The van der Waals surface area contributed by atoms with E-state index < -0.39 is 0 Å². The number of hydrogen-bond donors (Lipinski definition) is 0. The molecule has 1 fully saturated rings. The zero-order chi connectivity index (χ0) is 13.8. The fraction of sp³-hybridized carbons (Fsp3) is 0.571. The fourth-order valence-corrected chi connectivity index (χ4v) is 2.87. The highest BCUT2D eigenvalue weighted by Gasteiger charge is 2.23. The largest absolute Gasteiger partial charge is 0.493 e. The second kappa shape index (κ2) is 6.82. The highest BCUT2D eigenvalue weighted by molar-refractivity contribution is 9.08. The Morgan fingerprint density at radius 3 is 2.79 bits per heavy atom. The first-order chi connectivity index (χ1) is 9.13. The van der Waals surface area contributed by atoms with Crippen LogP contribution in [0.2, 0.25) is 5.02 Å². The van der Waals surface area contributed by atoms with Crippen LogP contribution in [0, 0.1) is 0 Å². The van der Waals surface area contributed by atoms with E-state index >= 15 is 0 Å². The molecule has 2 unspecified atom stereocenters. The Bertz CT molecular complexity index is 414. The Kier molecular flexibility index (Phi) is 5.37. The van der Waals surface area contributed by atoms with Crippen LogP contribution in [-0.4, -0.2) is 25.9 Å². The van der Waals surface area contributed by atoms with E-state index in [0.717, 1.165) is 24.2 Å². The van der Waals surface area contributed by atoms with Gasteiger partial charge in [-0.1, -0.05) is 27.5 Å². The van der Waals surface area contributed by atoms with Crippen molar-refractivity contribution in [2.75, 3.05) is 13.7 Å². The molecule has 3 nitrogen and oxygen atoms in total. The third kappa shape index (κ3) is 3.77. The summed E-state index contributed by atoms with van der Waals surface area (Å²) in [5, 5.41) is 1.31. The van der Waals surface area contributed by atoms with E-state index in [2.05, 4.69) is 22.9 Å². The fourth-order valence-electron chi connectivity index (χ4n) is 2.22. The lowest BCUT2D eigenvalue weighted by Crippen LogP contribution is -2.18. The van der Waals surface area contributed by atoms with Crippen LogP contribution in [-0.2, 0) is 10.1 Å². The van der Waals surface area contributed by atoms with Gasteiger partial charge in [-0.3, -0.25) is 0 Å². The molecule has 1 aromatic carbocycles. The first-order valence-corrected chi connectivity index (χ1v) is 7.84. The van der Waals surface area contributed by atoms with E-state index in [-0.39, 0.29) is 6.10 Å². The van der Waals surface area contributed by atoms with Gasteiger partial charge in [0.05, 0.1) is 19.3 Å². The lowest BCUT2D eigenvalue weighted by Gasteiger charge is -2.17. The Labute approximate surface area is 127 Å². The molecule has 0 aliphatic carbocycles. The van der Waals surface area contributed by atoms with Crippen molar-refractivity contribution in [1.82, 2.24) is 0 Å². The summed E-state index contributed by atoms with van der Waals surface area (Å²) in [6, 6.07) is 3.65. The van der Waals surface area contributed by atoms with Crippen LogP contribution in [0.3, 0.4) is 0 Å². The van der Waals surface area contributed by atoms with Crippen LogP contribution in [0.25, 0.3) is 0 Å². The summed E-state index contributed by atoms with van der Waals surface area (Å²) in [5.41, 5.74) is 0.982. The third-order valence-electron chi connectivity index (χ3n) is 3.19. The lowest BCUT2D eigenvalue weighted by molar-refractivity contribution is 0.0257. The van der Waals surface area contributed by atoms with Crippen LogP contribution < -0.4 is 9.47 Å². The van der Waals surface area contributed by atoms with Gasteiger partial charge >= 0.3 is 0 Å². The maximum atomic E-state index is 6.04. The van der Waals surface area contributed by atoms with Gasteiger partial charge in [0.2, 0.25) is 0 Å². The zero-order valence-corrected chi connectivity index (χ0v) is 13.5. The summed E-state index contributed by atoms with van der Waals surface area (Å²) in [7, 11) is 1.62. The molecule has 2 atom stereocenters. The Balaban J connectivity index is 2.09. The molecule has 19 heavy (non-hydrogen) atoms. The normalized spacial score (nSPS) is 22.5. The van der Waals surface area contributed by atoms with Gasteiger partial charge in [-0.25, -0.2) is 0 Å². The number of rotatable bonds is 5. The van der Waals surface area contributed by atoms with E-state index in [1.54, 1.807) is 13.2 Å². The van der Waals surface area contributed by atoms with Crippen molar-refractivity contribution in [2.45, 2.75) is 37.3 Å². The molecule has 0 spiro atoms. The van der Waals surface area contributed by atoms with Gasteiger partial charge in [0.15, 0.2) is 11.5 Å². The van der Waals surface area contributed by atoms with E-state index in [0.29, 0.717) is 28.8 Å². The first-order valence-electron chi connectivity index (χ1n) is 6.34. The average Bonchev–Trinajstić information content (AvgIpc) is 2.81. The second-order valence-corrected chi connectivity index (χ2v) is 5.68. The standard InChI is InChI=1S/C14H18BrClO3/c1-9-3-4-12(19-9)8-18-14-10(7-15)5-11(16)6-13(14)17-2/h5-6,9,12H,3-4,7-8H2,1-2H3. The predicted molar refractivity (Wildman–Crippen MR) is 79.7 cm³/mol. The number of benzene rings is 1. The maximum Gasteiger partial charge on any atom is 0.165 e. The quantitative estimate of drug-likeness (QED) is 0.746. The minimum absolute atomic E-state index is 0.165. The average molecular weight is 350 g/mol. The molecule has 1 heterocycles. The maximum absolute atomic E-state index is 6.04.